The number of para-hydroxylation sites is 1. The molecule has 10 nitrogen and oxygen atoms in total. The third-order valence-corrected chi connectivity index (χ3v) is 12.2. The first-order chi connectivity index (χ1) is 25.2. The Morgan fingerprint density at radius 2 is 1.77 bits per heavy atom. The molecule has 0 spiro atoms. The van der Waals surface area contributed by atoms with E-state index in [0.717, 1.165) is 67.9 Å². The fourth-order valence-corrected chi connectivity index (χ4v) is 9.22. The average Bonchev–Trinajstić information content (AvgIpc) is 3.54. The minimum Gasteiger partial charge on any atom is -0.494 e. The van der Waals surface area contributed by atoms with E-state index in [4.69, 9.17) is 15.5 Å². The number of carbonyl (C=O) groups is 2. The Kier molecular flexibility index (Phi) is 8.30. The lowest BCUT2D eigenvalue weighted by atomic mass is 9.88. The number of anilines is 1. The van der Waals surface area contributed by atoms with E-state index < -0.39 is 0 Å². The number of aryl methyl sites for hydroxylation is 1. The topological polar surface area (TPSA) is 111 Å². The molecule has 4 heterocycles. The molecule has 270 valence electrons. The molecular weight excluding hydrogens is 657 g/mol. The maximum atomic E-state index is 13.8. The monoisotopic (exact) mass is 703 g/mol. The van der Waals surface area contributed by atoms with Gasteiger partial charge in [-0.05, 0) is 117 Å². The zero-order valence-corrected chi connectivity index (χ0v) is 29.9. The standard InChI is InChI=1S/C41H46FN7O3/c1-46-39-32(18-28(20-35(39)52-2)41(51)49-22-27-8-13-33(49)37(27)43)45-40(46)34-19-26-4-3-5-31(38(26)48(34)21-24-6-7-24)25-14-16-47(17-15-25)23-36(50)44-30-11-9-29(42)10-12-30/h3-5,9-12,18-20,24-25,27,33,37H,6-8,13-17,21-23,43H2,1-2H3,(H,44,50)/t27-,33-,37-/m1/s1. The maximum Gasteiger partial charge on any atom is 0.254 e. The quantitative estimate of drug-likeness (QED) is 0.191. The van der Waals surface area contributed by atoms with Crippen molar-refractivity contribution in [2.75, 3.05) is 38.6 Å². The highest BCUT2D eigenvalue weighted by atomic mass is 19.1. The highest BCUT2D eigenvalue weighted by Crippen LogP contribution is 2.42. The Morgan fingerprint density at radius 3 is 2.46 bits per heavy atom. The Morgan fingerprint density at radius 1 is 0.981 bits per heavy atom. The van der Waals surface area contributed by atoms with Crippen LogP contribution in [-0.2, 0) is 18.4 Å². The summed E-state index contributed by atoms with van der Waals surface area (Å²) in [5.74, 6) is 2.47. The molecule has 0 unspecified atom stereocenters. The van der Waals surface area contributed by atoms with Crippen molar-refractivity contribution in [2.24, 2.45) is 24.6 Å². The van der Waals surface area contributed by atoms with E-state index in [1.807, 2.05) is 24.1 Å². The summed E-state index contributed by atoms with van der Waals surface area (Å²) in [7, 11) is 3.69. The smallest absolute Gasteiger partial charge is 0.254 e. The number of nitrogens with two attached hydrogens (primary N) is 1. The molecule has 2 saturated carbocycles. The van der Waals surface area contributed by atoms with Crippen LogP contribution in [-0.4, -0.2) is 81.1 Å². The number of aromatic nitrogens is 3. The number of hydrogen-bond donors (Lipinski definition) is 2. The molecule has 2 aliphatic heterocycles. The van der Waals surface area contributed by atoms with Crippen LogP contribution in [0.25, 0.3) is 33.5 Å². The van der Waals surface area contributed by atoms with Crippen LogP contribution in [0.1, 0.15) is 60.4 Å². The normalized spacial score (nSPS) is 22.2. The van der Waals surface area contributed by atoms with E-state index >= 15 is 0 Å². The van der Waals surface area contributed by atoms with Gasteiger partial charge >= 0.3 is 0 Å². The Bertz CT molecular complexity index is 2180. The third kappa shape index (κ3) is 5.84. The molecule has 4 aliphatic rings. The van der Waals surface area contributed by atoms with Crippen molar-refractivity contribution in [1.82, 2.24) is 23.9 Å². The summed E-state index contributed by atoms with van der Waals surface area (Å²) in [5, 5.41) is 4.09. The largest absolute Gasteiger partial charge is 0.494 e. The predicted octanol–water partition coefficient (Wildman–Crippen LogP) is 6.13. The predicted molar refractivity (Wildman–Crippen MR) is 200 cm³/mol. The van der Waals surface area contributed by atoms with Crippen LogP contribution in [0.15, 0.2) is 60.7 Å². The highest BCUT2D eigenvalue weighted by molar-refractivity contribution is 6.01. The molecule has 2 aliphatic carbocycles. The maximum absolute atomic E-state index is 13.8. The summed E-state index contributed by atoms with van der Waals surface area (Å²) in [6, 6.07) is 18.8. The number of nitrogens with zero attached hydrogens (tertiary/aromatic N) is 5. The number of fused-ring (bicyclic) bond motifs is 4. The number of rotatable bonds is 9. The van der Waals surface area contributed by atoms with Gasteiger partial charge in [-0.25, -0.2) is 9.37 Å². The van der Waals surface area contributed by atoms with Crippen LogP contribution in [0.2, 0.25) is 0 Å². The molecular formula is C41H46FN7O3. The minimum atomic E-state index is -0.323. The van der Waals surface area contributed by atoms with Gasteiger partial charge in [-0.15, -0.1) is 0 Å². The number of carbonyl (C=O) groups excluding carboxylic acids is 2. The third-order valence-electron chi connectivity index (χ3n) is 12.2. The van der Waals surface area contributed by atoms with Gasteiger partial charge in [0.05, 0.1) is 30.4 Å². The molecule has 5 aromatic rings. The number of methoxy groups -OCH3 is 1. The van der Waals surface area contributed by atoms with Gasteiger partial charge in [0.1, 0.15) is 17.1 Å². The van der Waals surface area contributed by atoms with Crippen LogP contribution >= 0.6 is 0 Å². The van der Waals surface area contributed by atoms with Gasteiger partial charge in [0.15, 0.2) is 5.82 Å². The van der Waals surface area contributed by atoms with E-state index in [1.165, 1.54) is 41.4 Å². The lowest BCUT2D eigenvalue weighted by Crippen LogP contribution is -2.41. The van der Waals surface area contributed by atoms with Gasteiger partial charge in [0.2, 0.25) is 5.91 Å². The molecule has 0 radical (unpaired) electrons. The molecule has 2 amide bonds. The average molecular weight is 704 g/mol. The first-order valence-electron chi connectivity index (χ1n) is 18.8. The summed E-state index contributed by atoms with van der Waals surface area (Å²) in [6.07, 6.45) is 6.42. The minimum absolute atomic E-state index is 0.00194. The molecule has 11 heteroatoms. The molecule has 2 aromatic heterocycles. The Hall–Kier alpha value is -4.74. The van der Waals surface area contributed by atoms with Crippen molar-refractivity contribution in [1.29, 1.82) is 0 Å². The number of ether oxygens (including phenoxy) is 1. The van der Waals surface area contributed by atoms with E-state index in [9.17, 15) is 14.0 Å². The molecule has 3 N–H and O–H groups in total. The number of piperidine rings is 2. The first kappa shape index (κ1) is 33.1. The summed E-state index contributed by atoms with van der Waals surface area (Å²) in [4.78, 5) is 36.0. The Labute approximate surface area is 302 Å². The van der Waals surface area contributed by atoms with Crippen molar-refractivity contribution in [2.45, 2.75) is 63.1 Å². The van der Waals surface area contributed by atoms with Crippen molar-refractivity contribution < 1.29 is 18.7 Å². The summed E-state index contributed by atoms with van der Waals surface area (Å²) in [6.45, 7) is 3.61. The fraction of sp³-hybridized carbons (Fsp3) is 0.439. The number of halogens is 1. The SMILES string of the molecule is COc1cc(C(=O)N2C[C@H]3CC[C@@H]2[C@@H]3N)cc2nc(-c3cc4cccc(C5CCN(CC(=O)Nc6ccc(F)cc6)CC5)c4n3CC3CC3)n(C)c12. The summed E-state index contributed by atoms with van der Waals surface area (Å²) in [5.41, 5.74) is 13.0. The van der Waals surface area contributed by atoms with E-state index in [-0.39, 0.29) is 29.7 Å². The highest BCUT2D eigenvalue weighted by Gasteiger charge is 2.47. The number of amides is 2. The molecule has 52 heavy (non-hydrogen) atoms. The molecule has 2 saturated heterocycles. The zero-order chi connectivity index (χ0) is 35.7. The summed E-state index contributed by atoms with van der Waals surface area (Å²) < 4.78 is 23.8. The molecule has 3 aromatic carbocycles. The van der Waals surface area contributed by atoms with Crippen molar-refractivity contribution in [3.8, 4) is 17.3 Å². The van der Waals surface area contributed by atoms with Crippen LogP contribution < -0.4 is 15.8 Å². The number of benzene rings is 3. The van der Waals surface area contributed by atoms with Crippen LogP contribution in [0, 0.1) is 17.7 Å². The van der Waals surface area contributed by atoms with Gasteiger partial charge in [-0.1, -0.05) is 18.2 Å². The lowest BCUT2D eigenvalue weighted by molar-refractivity contribution is -0.117. The van der Waals surface area contributed by atoms with E-state index in [1.54, 1.807) is 19.2 Å². The van der Waals surface area contributed by atoms with E-state index in [2.05, 4.69) is 43.6 Å². The van der Waals surface area contributed by atoms with Crippen LogP contribution in [0.5, 0.6) is 5.75 Å². The Balaban J connectivity index is 1.01. The number of hydrogen-bond acceptors (Lipinski definition) is 6. The second-order valence-corrected chi connectivity index (χ2v) is 15.5. The zero-order valence-electron chi connectivity index (χ0n) is 29.9. The first-order valence-corrected chi connectivity index (χ1v) is 18.8. The second-order valence-electron chi connectivity index (χ2n) is 15.5. The number of imidazole rings is 1. The molecule has 3 atom stereocenters. The van der Waals surface area contributed by atoms with Gasteiger partial charge < -0.3 is 29.8 Å². The van der Waals surface area contributed by atoms with Crippen molar-refractivity contribution in [3.63, 3.8) is 0 Å². The van der Waals surface area contributed by atoms with E-state index in [0.29, 0.717) is 47.8 Å². The van der Waals surface area contributed by atoms with Crippen LogP contribution in [0.3, 0.4) is 0 Å². The molecule has 9 rings (SSSR count). The fourth-order valence-electron chi connectivity index (χ4n) is 9.22. The van der Waals surface area contributed by atoms with Crippen molar-refractivity contribution >= 4 is 39.4 Å². The number of likely N-dealkylation sites (tertiary alicyclic amines) is 2. The number of nitrogens with one attached hydrogen (secondary N) is 1. The molecule has 2 bridgehead atoms. The van der Waals surface area contributed by atoms with Crippen molar-refractivity contribution in [3.05, 3.63) is 77.6 Å². The van der Waals surface area contributed by atoms with Gasteiger partial charge in [-0.2, -0.15) is 0 Å². The van der Waals surface area contributed by atoms with Crippen LogP contribution in [0.4, 0.5) is 10.1 Å². The summed E-state index contributed by atoms with van der Waals surface area (Å²) >= 11 is 0. The molecule has 4 fully saturated rings. The second kappa shape index (κ2) is 13.0. The van der Waals surface area contributed by atoms with Gasteiger partial charge in [0.25, 0.3) is 5.91 Å². The van der Waals surface area contributed by atoms with Gasteiger partial charge in [0, 0.05) is 48.9 Å². The lowest BCUT2D eigenvalue weighted by Gasteiger charge is -2.32. The van der Waals surface area contributed by atoms with Gasteiger partial charge in [-0.3, -0.25) is 14.5 Å².